The second-order valence-electron chi connectivity index (χ2n) is 8.36. The molecule has 0 saturated carbocycles. The molecule has 0 fully saturated rings. The van der Waals surface area contributed by atoms with E-state index in [9.17, 15) is 9.59 Å². The standard InChI is InChI=1S/C25H30N4O2S/c1-17-15-18(2)27-24-22(17)29(13-14-32-24)25(31)28-21-10-6-9-20(16-21)23(30)26-12-11-19-7-4-3-5-8-19/h6-7,9-10,15-16H,3-5,8,11-14H2,1-2H3,(H,26,30)(H,28,31). The number of fused-ring (bicyclic) bond motifs is 1. The van der Waals surface area contributed by atoms with Crippen molar-refractivity contribution < 1.29 is 9.59 Å². The Balaban J connectivity index is 1.39. The smallest absolute Gasteiger partial charge is 0.326 e. The van der Waals surface area contributed by atoms with Gasteiger partial charge < -0.3 is 10.6 Å². The summed E-state index contributed by atoms with van der Waals surface area (Å²) in [5, 5.41) is 6.85. The molecule has 1 aliphatic carbocycles. The predicted molar refractivity (Wildman–Crippen MR) is 131 cm³/mol. The Bertz CT molecular complexity index is 1050. The van der Waals surface area contributed by atoms with E-state index in [2.05, 4.69) is 21.7 Å². The molecule has 0 radical (unpaired) electrons. The number of carbonyl (C=O) groups excluding carboxylic acids is 2. The number of rotatable bonds is 5. The monoisotopic (exact) mass is 450 g/mol. The van der Waals surface area contributed by atoms with Crippen LogP contribution in [0.15, 0.2) is 47.0 Å². The summed E-state index contributed by atoms with van der Waals surface area (Å²) in [6, 6.07) is 8.90. The van der Waals surface area contributed by atoms with Gasteiger partial charge in [-0.25, -0.2) is 9.78 Å². The lowest BCUT2D eigenvalue weighted by atomic mass is 9.97. The van der Waals surface area contributed by atoms with Gasteiger partial charge in [0.2, 0.25) is 0 Å². The highest BCUT2D eigenvalue weighted by Gasteiger charge is 2.26. The van der Waals surface area contributed by atoms with Crippen molar-refractivity contribution in [3.8, 4) is 0 Å². The number of nitrogens with zero attached hydrogens (tertiary/aromatic N) is 2. The molecule has 0 unspecified atom stereocenters. The summed E-state index contributed by atoms with van der Waals surface area (Å²) in [6.07, 6.45) is 8.02. The van der Waals surface area contributed by atoms with E-state index in [1.54, 1.807) is 40.9 Å². The molecule has 2 aromatic rings. The summed E-state index contributed by atoms with van der Waals surface area (Å²) >= 11 is 1.68. The highest BCUT2D eigenvalue weighted by atomic mass is 32.2. The Labute approximate surface area is 193 Å². The van der Waals surface area contributed by atoms with E-state index in [0.29, 0.717) is 24.3 Å². The average Bonchev–Trinajstić information content (AvgIpc) is 2.79. The molecule has 0 saturated heterocycles. The molecule has 2 aliphatic rings. The minimum atomic E-state index is -0.206. The van der Waals surface area contributed by atoms with Crippen molar-refractivity contribution in [2.45, 2.75) is 51.0 Å². The predicted octanol–water partition coefficient (Wildman–Crippen LogP) is 5.46. The van der Waals surface area contributed by atoms with Crippen LogP contribution >= 0.6 is 11.8 Å². The minimum absolute atomic E-state index is 0.118. The largest absolute Gasteiger partial charge is 0.352 e. The zero-order chi connectivity index (χ0) is 22.5. The van der Waals surface area contributed by atoms with Crippen LogP contribution in [0.3, 0.4) is 0 Å². The molecule has 1 aromatic carbocycles. The van der Waals surface area contributed by atoms with Gasteiger partial charge in [0.25, 0.3) is 5.91 Å². The van der Waals surface area contributed by atoms with Gasteiger partial charge in [0.05, 0.1) is 5.69 Å². The molecule has 0 atom stereocenters. The van der Waals surface area contributed by atoms with E-state index in [-0.39, 0.29) is 11.9 Å². The van der Waals surface area contributed by atoms with E-state index in [0.717, 1.165) is 47.0 Å². The van der Waals surface area contributed by atoms with E-state index >= 15 is 0 Å². The molecule has 2 N–H and O–H groups in total. The maximum absolute atomic E-state index is 13.1. The van der Waals surface area contributed by atoms with E-state index in [1.807, 2.05) is 19.9 Å². The molecule has 0 spiro atoms. The van der Waals surface area contributed by atoms with Gasteiger partial charge in [-0.1, -0.05) is 17.7 Å². The minimum Gasteiger partial charge on any atom is -0.352 e. The summed E-state index contributed by atoms with van der Waals surface area (Å²) in [6.45, 7) is 5.23. The van der Waals surface area contributed by atoms with Gasteiger partial charge in [-0.05, 0) is 75.8 Å². The van der Waals surface area contributed by atoms with Crippen LogP contribution in [-0.2, 0) is 0 Å². The van der Waals surface area contributed by atoms with Crippen LogP contribution in [0.1, 0.15) is 53.7 Å². The lowest BCUT2D eigenvalue weighted by molar-refractivity contribution is 0.0954. The van der Waals surface area contributed by atoms with Gasteiger partial charge >= 0.3 is 6.03 Å². The second kappa shape index (κ2) is 10.2. The summed E-state index contributed by atoms with van der Waals surface area (Å²) in [4.78, 5) is 32.0. The molecular formula is C25H30N4O2S. The van der Waals surface area contributed by atoms with Crippen LogP contribution in [-0.4, -0.2) is 35.8 Å². The number of hydrogen-bond acceptors (Lipinski definition) is 4. The molecule has 32 heavy (non-hydrogen) atoms. The number of pyridine rings is 1. The molecule has 168 valence electrons. The maximum Gasteiger partial charge on any atom is 0.326 e. The zero-order valence-corrected chi connectivity index (χ0v) is 19.6. The number of carbonyl (C=O) groups is 2. The third-order valence-electron chi connectivity index (χ3n) is 5.84. The van der Waals surface area contributed by atoms with E-state index in [4.69, 9.17) is 0 Å². The number of aryl methyl sites for hydroxylation is 2. The molecule has 6 nitrogen and oxygen atoms in total. The van der Waals surface area contributed by atoms with Gasteiger partial charge in [0.1, 0.15) is 5.03 Å². The Morgan fingerprint density at radius 1 is 1.19 bits per heavy atom. The normalized spacial score (nSPS) is 15.6. The van der Waals surface area contributed by atoms with Crippen LogP contribution in [0, 0.1) is 13.8 Å². The third kappa shape index (κ3) is 5.33. The SMILES string of the molecule is Cc1cc(C)c2c(n1)SCCN2C(=O)Nc1cccc(C(=O)NCCC2=CCCCC2)c1. The van der Waals surface area contributed by atoms with Crippen molar-refractivity contribution in [2.75, 3.05) is 29.1 Å². The Hall–Kier alpha value is -2.80. The van der Waals surface area contributed by atoms with Crippen molar-refractivity contribution in [3.05, 3.63) is 58.8 Å². The van der Waals surface area contributed by atoms with Crippen LogP contribution in [0.5, 0.6) is 0 Å². The van der Waals surface area contributed by atoms with Crippen LogP contribution in [0.4, 0.5) is 16.2 Å². The third-order valence-corrected chi connectivity index (χ3v) is 6.79. The lowest BCUT2D eigenvalue weighted by Crippen LogP contribution is -2.39. The fourth-order valence-corrected chi connectivity index (χ4v) is 5.36. The second-order valence-corrected chi connectivity index (χ2v) is 9.44. The van der Waals surface area contributed by atoms with Gasteiger partial charge in [-0.2, -0.15) is 0 Å². The number of nitrogens with one attached hydrogen (secondary N) is 2. The molecule has 7 heteroatoms. The molecule has 4 rings (SSSR count). The van der Waals surface area contributed by atoms with Gasteiger partial charge in [0, 0.05) is 35.8 Å². The van der Waals surface area contributed by atoms with Crippen LogP contribution in [0.2, 0.25) is 0 Å². The number of aromatic nitrogens is 1. The van der Waals surface area contributed by atoms with Crippen molar-refractivity contribution in [3.63, 3.8) is 0 Å². The van der Waals surface area contributed by atoms with Crippen LogP contribution in [0.25, 0.3) is 0 Å². The quantitative estimate of drug-likeness (QED) is 0.593. The first kappa shape index (κ1) is 22.4. The summed E-state index contributed by atoms with van der Waals surface area (Å²) < 4.78 is 0. The summed E-state index contributed by atoms with van der Waals surface area (Å²) in [5.74, 6) is 0.683. The van der Waals surface area contributed by atoms with Gasteiger partial charge in [0.15, 0.2) is 0 Å². The molecule has 1 aromatic heterocycles. The average molecular weight is 451 g/mol. The topological polar surface area (TPSA) is 74.3 Å². The van der Waals surface area contributed by atoms with Crippen LogP contribution < -0.4 is 15.5 Å². The van der Waals surface area contributed by atoms with Gasteiger partial charge in [-0.15, -0.1) is 11.8 Å². The van der Waals surface area contributed by atoms with E-state index < -0.39 is 0 Å². The van der Waals surface area contributed by atoms with Gasteiger partial charge in [-0.3, -0.25) is 9.69 Å². The highest BCUT2D eigenvalue weighted by molar-refractivity contribution is 7.99. The first-order valence-electron chi connectivity index (χ1n) is 11.3. The summed E-state index contributed by atoms with van der Waals surface area (Å²) in [5.41, 5.74) is 5.46. The fourth-order valence-electron chi connectivity index (χ4n) is 4.27. The van der Waals surface area contributed by atoms with Crippen molar-refractivity contribution in [1.82, 2.24) is 10.3 Å². The Kier molecular flexibility index (Phi) is 7.15. The first-order chi connectivity index (χ1) is 15.5. The van der Waals surface area contributed by atoms with Crippen molar-refractivity contribution >= 4 is 35.1 Å². The number of allylic oxidation sites excluding steroid dienone is 1. The number of amides is 3. The number of benzene rings is 1. The number of anilines is 2. The molecular weight excluding hydrogens is 420 g/mol. The zero-order valence-electron chi connectivity index (χ0n) is 18.7. The Morgan fingerprint density at radius 3 is 2.88 bits per heavy atom. The number of thioether (sulfide) groups is 1. The fraction of sp³-hybridized carbons (Fsp3) is 0.400. The first-order valence-corrected chi connectivity index (χ1v) is 12.3. The number of hydrogen-bond donors (Lipinski definition) is 2. The van der Waals surface area contributed by atoms with Crippen molar-refractivity contribution in [1.29, 1.82) is 0 Å². The Morgan fingerprint density at radius 2 is 2.06 bits per heavy atom. The molecule has 1 aliphatic heterocycles. The van der Waals surface area contributed by atoms with E-state index in [1.165, 1.54) is 18.4 Å². The number of urea groups is 1. The molecule has 2 heterocycles. The highest BCUT2D eigenvalue weighted by Crippen LogP contribution is 2.36. The van der Waals surface area contributed by atoms with Crippen molar-refractivity contribution in [2.24, 2.45) is 0 Å². The summed E-state index contributed by atoms with van der Waals surface area (Å²) in [7, 11) is 0. The maximum atomic E-state index is 13.1. The lowest BCUT2D eigenvalue weighted by Gasteiger charge is -2.30. The molecule has 0 bridgehead atoms. The molecule has 3 amide bonds.